The minimum absolute atomic E-state index is 0.0650. The topological polar surface area (TPSA) is 71.3 Å². The SMILES string of the molecule is COc1cc(CCC(=O)Nc2ccc(CC#N)cc2)cc(OC)c1. The quantitative estimate of drug-likeness (QED) is 0.848. The van der Waals surface area contributed by atoms with Gasteiger partial charge in [0.15, 0.2) is 0 Å². The molecule has 0 saturated heterocycles. The molecule has 0 fully saturated rings. The molecule has 0 aliphatic heterocycles. The maximum atomic E-state index is 12.1. The summed E-state index contributed by atoms with van der Waals surface area (Å²) in [6, 6.07) is 15.0. The fraction of sp³-hybridized carbons (Fsp3) is 0.263. The van der Waals surface area contributed by atoms with Gasteiger partial charge < -0.3 is 14.8 Å². The Morgan fingerprint density at radius 2 is 1.67 bits per heavy atom. The van der Waals surface area contributed by atoms with Gasteiger partial charge in [-0.3, -0.25) is 4.79 Å². The van der Waals surface area contributed by atoms with Crippen molar-refractivity contribution in [2.24, 2.45) is 0 Å². The molecule has 24 heavy (non-hydrogen) atoms. The molecule has 0 saturated carbocycles. The second kappa shape index (κ2) is 8.59. The number of anilines is 1. The zero-order chi connectivity index (χ0) is 17.4. The standard InChI is InChI=1S/C19H20N2O3/c1-23-17-11-15(12-18(13-17)24-2)5-8-19(22)21-16-6-3-14(4-7-16)9-10-20/h3-4,6-7,11-13H,5,8-9H2,1-2H3,(H,21,22). The summed E-state index contributed by atoms with van der Waals surface area (Å²) in [5, 5.41) is 11.5. The zero-order valence-electron chi connectivity index (χ0n) is 13.8. The van der Waals surface area contributed by atoms with Crippen molar-refractivity contribution in [1.82, 2.24) is 0 Å². The van der Waals surface area contributed by atoms with Crippen molar-refractivity contribution in [3.05, 3.63) is 53.6 Å². The monoisotopic (exact) mass is 324 g/mol. The van der Waals surface area contributed by atoms with Gasteiger partial charge in [0, 0.05) is 18.2 Å². The number of hydrogen-bond donors (Lipinski definition) is 1. The number of nitrogens with one attached hydrogen (secondary N) is 1. The highest BCUT2D eigenvalue weighted by atomic mass is 16.5. The Hall–Kier alpha value is -3.00. The van der Waals surface area contributed by atoms with Crippen LogP contribution in [0.25, 0.3) is 0 Å². The summed E-state index contributed by atoms with van der Waals surface area (Å²) >= 11 is 0. The number of hydrogen-bond acceptors (Lipinski definition) is 4. The average molecular weight is 324 g/mol. The van der Waals surface area contributed by atoms with Crippen molar-refractivity contribution in [3.63, 3.8) is 0 Å². The number of aryl methyl sites for hydroxylation is 1. The molecule has 0 aliphatic rings. The van der Waals surface area contributed by atoms with Gasteiger partial charge in [-0.05, 0) is 41.8 Å². The summed E-state index contributed by atoms with van der Waals surface area (Å²) in [6.07, 6.45) is 1.31. The van der Waals surface area contributed by atoms with E-state index in [0.29, 0.717) is 30.8 Å². The molecule has 0 heterocycles. The summed E-state index contributed by atoms with van der Waals surface area (Å²) in [6.45, 7) is 0. The number of benzene rings is 2. The third-order valence-electron chi connectivity index (χ3n) is 3.57. The summed E-state index contributed by atoms with van der Waals surface area (Å²) < 4.78 is 10.5. The summed E-state index contributed by atoms with van der Waals surface area (Å²) in [4.78, 5) is 12.1. The number of nitriles is 1. The fourth-order valence-corrected chi connectivity index (χ4v) is 2.29. The van der Waals surface area contributed by atoms with Gasteiger partial charge in [0.05, 0.1) is 26.7 Å². The summed E-state index contributed by atoms with van der Waals surface area (Å²) in [5.41, 5.74) is 2.63. The molecule has 0 unspecified atom stereocenters. The lowest BCUT2D eigenvalue weighted by molar-refractivity contribution is -0.116. The van der Waals surface area contributed by atoms with E-state index in [1.165, 1.54) is 0 Å². The van der Waals surface area contributed by atoms with E-state index in [9.17, 15) is 4.79 Å². The third-order valence-corrected chi connectivity index (χ3v) is 3.57. The first-order valence-electron chi connectivity index (χ1n) is 7.62. The van der Waals surface area contributed by atoms with Gasteiger partial charge in [-0.25, -0.2) is 0 Å². The van der Waals surface area contributed by atoms with E-state index in [1.54, 1.807) is 32.4 Å². The lowest BCUT2D eigenvalue weighted by Gasteiger charge is -2.09. The molecule has 2 aromatic carbocycles. The highest BCUT2D eigenvalue weighted by Gasteiger charge is 2.06. The molecule has 0 aliphatic carbocycles. The molecular formula is C19H20N2O3. The Labute approximate surface area is 141 Å². The highest BCUT2D eigenvalue weighted by Crippen LogP contribution is 2.23. The summed E-state index contributed by atoms with van der Waals surface area (Å²) in [7, 11) is 3.20. The van der Waals surface area contributed by atoms with Crippen LogP contribution >= 0.6 is 0 Å². The third kappa shape index (κ3) is 5.03. The molecule has 0 atom stereocenters. The zero-order valence-corrected chi connectivity index (χ0v) is 13.8. The van der Waals surface area contributed by atoms with Crippen LogP contribution in [0.5, 0.6) is 11.5 Å². The lowest BCUT2D eigenvalue weighted by atomic mass is 10.1. The van der Waals surface area contributed by atoms with Crippen LogP contribution in [0.1, 0.15) is 17.5 Å². The first-order valence-corrected chi connectivity index (χ1v) is 7.62. The Bertz CT molecular complexity index is 711. The maximum Gasteiger partial charge on any atom is 0.224 e. The van der Waals surface area contributed by atoms with Crippen LogP contribution in [-0.2, 0) is 17.6 Å². The number of carbonyl (C=O) groups is 1. The summed E-state index contributed by atoms with van der Waals surface area (Å²) in [5.74, 6) is 1.35. The van der Waals surface area contributed by atoms with E-state index < -0.39 is 0 Å². The number of rotatable bonds is 7. The number of ether oxygens (including phenoxy) is 2. The van der Waals surface area contributed by atoms with Crippen LogP contribution in [0.3, 0.4) is 0 Å². The van der Waals surface area contributed by atoms with Crippen LogP contribution in [-0.4, -0.2) is 20.1 Å². The molecule has 0 spiro atoms. The molecule has 5 nitrogen and oxygen atoms in total. The van der Waals surface area contributed by atoms with Crippen LogP contribution in [0.15, 0.2) is 42.5 Å². The van der Waals surface area contributed by atoms with Crippen molar-refractivity contribution in [2.45, 2.75) is 19.3 Å². The molecule has 1 N–H and O–H groups in total. The van der Waals surface area contributed by atoms with Crippen molar-refractivity contribution in [3.8, 4) is 17.6 Å². The predicted molar refractivity (Wildman–Crippen MR) is 92.3 cm³/mol. The molecule has 2 aromatic rings. The Balaban J connectivity index is 1.92. The van der Waals surface area contributed by atoms with Crippen LogP contribution in [0, 0.1) is 11.3 Å². The molecule has 0 bridgehead atoms. The van der Waals surface area contributed by atoms with E-state index in [1.807, 2.05) is 24.3 Å². The van der Waals surface area contributed by atoms with E-state index in [-0.39, 0.29) is 5.91 Å². The van der Waals surface area contributed by atoms with E-state index in [2.05, 4.69) is 11.4 Å². The second-order valence-corrected chi connectivity index (χ2v) is 5.30. The first kappa shape index (κ1) is 17.4. The smallest absolute Gasteiger partial charge is 0.224 e. The fourth-order valence-electron chi connectivity index (χ4n) is 2.29. The van der Waals surface area contributed by atoms with Crippen LogP contribution in [0.4, 0.5) is 5.69 Å². The molecule has 5 heteroatoms. The molecule has 0 radical (unpaired) electrons. The van der Waals surface area contributed by atoms with Gasteiger partial charge >= 0.3 is 0 Å². The molecular weight excluding hydrogens is 304 g/mol. The maximum absolute atomic E-state index is 12.1. The normalized spacial score (nSPS) is 9.88. The average Bonchev–Trinajstić information content (AvgIpc) is 2.61. The Kier molecular flexibility index (Phi) is 6.21. The molecule has 0 aromatic heterocycles. The van der Waals surface area contributed by atoms with Crippen LogP contribution < -0.4 is 14.8 Å². The van der Waals surface area contributed by atoms with Crippen molar-refractivity contribution < 1.29 is 14.3 Å². The highest BCUT2D eigenvalue weighted by molar-refractivity contribution is 5.90. The van der Waals surface area contributed by atoms with Crippen molar-refractivity contribution >= 4 is 11.6 Å². The molecule has 1 amide bonds. The Morgan fingerprint density at radius 1 is 1.04 bits per heavy atom. The predicted octanol–water partition coefficient (Wildman–Crippen LogP) is 3.34. The lowest BCUT2D eigenvalue weighted by Crippen LogP contribution is -2.12. The van der Waals surface area contributed by atoms with Gasteiger partial charge in [0.1, 0.15) is 11.5 Å². The van der Waals surface area contributed by atoms with Crippen molar-refractivity contribution in [2.75, 3.05) is 19.5 Å². The van der Waals surface area contributed by atoms with E-state index in [4.69, 9.17) is 14.7 Å². The molecule has 124 valence electrons. The van der Waals surface area contributed by atoms with E-state index in [0.717, 1.165) is 16.8 Å². The minimum Gasteiger partial charge on any atom is -0.497 e. The Morgan fingerprint density at radius 3 is 2.21 bits per heavy atom. The number of methoxy groups -OCH3 is 2. The van der Waals surface area contributed by atoms with Gasteiger partial charge in [-0.15, -0.1) is 0 Å². The first-order chi connectivity index (χ1) is 11.6. The van der Waals surface area contributed by atoms with Gasteiger partial charge in [0.25, 0.3) is 0 Å². The van der Waals surface area contributed by atoms with Gasteiger partial charge in [0.2, 0.25) is 5.91 Å². The van der Waals surface area contributed by atoms with Crippen LogP contribution in [0.2, 0.25) is 0 Å². The number of carbonyl (C=O) groups excluding carboxylic acids is 1. The number of amides is 1. The van der Waals surface area contributed by atoms with Crippen molar-refractivity contribution in [1.29, 1.82) is 5.26 Å². The largest absolute Gasteiger partial charge is 0.497 e. The number of nitrogens with zero attached hydrogens (tertiary/aromatic N) is 1. The van der Waals surface area contributed by atoms with E-state index >= 15 is 0 Å². The van der Waals surface area contributed by atoms with Gasteiger partial charge in [-0.2, -0.15) is 5.26 Å². The second-order valence-electron chi connectivity index (χ2n) is 5.30. The molecule has 2 rings (SSSR count). The minimum atomic E-state index is -0.0650. The van der Waals surface area contributed by atoms with Gasteiger partial charge in [-0.1, -0.05) is 12.1 Å².